The number of carboxylic acids is 2. The summed E-state index contributed by atoms with van der Waals surface area (Å²) in [4.78, 5) is 76.3. The second-order valence-electron chi connectivity index (χ2n) is 28.0. The highest BCUT2D eigenvalue weighted by Gasteiger charge is 2.63. The molecule has 0 aliphatic carbocycles. The van der Waals surface area contributed by atoms with Gasteiger partial charge in [-0.1, -0.05) is 0 Å². The van der Waals surface area contributed by atoms with E-state index in [1.54, 1.807) is 0 Å². The number of hydrogen-bond donors (Lipinski definition) is 31. The summed E-state index contributed by atoms with van der Waals surface area (Å²) in [6.07, 6.45) is -80.4. The minimum Gasteiger partial charge on any atom is -0.477 e. The molecule has 0 unspecified atom stereocenters. The summed E-state index contributed by atoms with van der Waals surface area (Å²) in [5.41, 5.74) is 0. The van der Waals surface area contributed by atoms with E-state index in [-0.39, 0.29) is 0 Å². The summed E-state index contributed by atoms with van der Waals surface area (Å²) in [7, 11) is 0. The van der Waals surface area contributed by atoms with E-state index in [2.05, 4.69) is 21.3 Å². The zero-order valence-electron chi connectivity index (χ0n) is 60.5. The number of amides is 4. The van der Waals surface area contributed by atoms with E-state index in [0.717, 1.165) is 27.7 Å². The van der Waals surface area contributed by atoms with Crippen molar-refractivity contribution < 1.29 is 233 Å². The van der Waals surface area contributed by atoms with Crippen molar-refractivity contribution in [3.05, 3.63) is 0 Å². The van der Waals surface area contributed by atoms with Crippen molar-refractivity contribution in [1.82, 2.24) is 21.3 Å². The first-order chi connectivity index (χ1) is 53.0. The van der Waals surface area contributed by atoms with Crippen molar-refractivity contribution in [3.63, 3.8) is 0 Å². The van der Waals surface area contributed by atoms with Gasteiger partial charge in [0.2, 0.25) is 23.6 Å². The maximum absolute atomic E-state index is 13.2. The van der Waals surface area contributed by atoms with Crippen LogP contribution in [0.15, 0.2) is 0 Å². The van der Waals surface area contributed by atoms with Gasteiger partial charge in [-0.15, -0.1) is 0 Å². The molecular formula is C62H104N4O47. The fourth-order valence-corrected chi connectivity index (χ4v) is 13.9. The van der Waals surface area contributed by atoms with E-state index < -0.39 is 358 Å². The predicted molar refractivity (Wildman–Crippen MR) is 347 cm³/mol. The van der Waals surface area contributed by atoms with Crippen LogP contribution in [-0.4, -0.2) is 483 Å². The molecule has 7 saturated heterocycles. The van der Waals surface area contributed by atoms with Crippen molar-refractivity contribution in [2.45, 2.75) is 291 Å². The molecule has 0 aromatic carbocycles. The Labute approximate surface area is 638 Å². The standard InChI is InChI=1S/C62H104N4O47/c1-16(74)63-31-20(78)5-61(59(96)97,111-50(31)36(85)23(81)8-68)101-15-30-38(87)43(92)44(93)56(106-30)108-48-27(12-72)103-54(33(41(48)90)65-18(3)76)100-14-29-40(89)52(45(94)57(105-29)107-47(25(83)10-70)35(84)22(80)7-67)110-55-34(66-19(4)77)42(91)49(28(13-73)104-55)109-58-46(95)53(39(88)26(11-71)102-58)113-62(60(98)99)6-21(79)32(64-17(2)75)51(112-62)37(86)24(82)9-69/h20-58,67-73,78-95H,5-15H2,1-4H3,(H,63,74)(H,64,75)(H,65,76)(H,66,77)(H,96,97)(H,98,99)/t20-,21-,22-,23+,24+,25+,26+,27+,28+,29+,30+,31+,32+,33+,34+,35+,36+,37+,38-,39-,40-,41+,42+,43-,44+,45+,46+,47+,48+,49+,50+,51+,52-,53-,54+,55-,56-,57-,58-,61+,62-/m0/s1. The SMILES string of the molecule is CC(=O)N[C@H]1[C@H](OC[C@H]2O[C@@H](O[C@@H]([C@H](O)[C@@H](O)CO)[C@H](O)CO)[C@H](O)[C@@H](O[C@@H]3O[C@H](CO)[C@@H](O[C@@H]4O[C@H](CO)[C@H](O)[C@H](O[C@]5(C(=O)O)C[C@H](O)[C@@H](NC(C)=O)[C@H]([C@H](O)[C@H](O)CO)O5)[C@H]4O)[C@H](O)[C@H]3NC(C)=O)[C@H]2O)O[C@H](CO)[C@@H](O[C@@H]2O[C@H](CO[C@]3(C(=O)O)C[C@H](O)[C@@H](NC(C)=O)[C@H]([C@H](O)[C@H](O)CO)O3)[C@H](O)[C@H](O)[C@H]2O)[C@@H]1O. The lowest BCUT2D eigenvalue weighted by Gasteiger charge is -2.51. The molecule has 7 aliphatic rings. The van der Waals surface area contributed by atoms with Crippen molar-refractivity contribution in [2.24, 2.45) is 0 Å². The summed E-state index contributed by atoms with van der Waals surface area (Å²) >= 11 is 0. The lowest BCUT2D eigenvalue weighted by molar-refractivity contribution is -0.389. The predicted octanol–water partition coefficient (Wildman–Crippen LogP) is -19.8. The fraction of sp³-hybridized carbons (Fsp3) is 0.903. The summed E-state index contributed by atoms with van der Waals surface area (Å²) < 4.78 is 81.2. The number of rotatable bonds is 36. The Bertz CT molecular complexity index is 3060. The molecule has 7 rings (SSSR count). The number of nitrogens with one attached hydrogen (secondary N) is 4. The van der Waals surface area contributed by atoms with Crippen LogP contribution >= 0.6 is 0 Å². The number of aliphatic hydroxyl groups is 25. The first-order valence-corrected chi connectivity index (χ1v) is 35.3. The number of carbonyl (C=O) groups excluding carboxylic acids is 4. The summed E-state index contributed by atoms with van der Waals surface area (Å²) in [6, 6.07) is -7.45. The highest BCUT2D eigenvalue weighted by Crippen LogP contribution is 2.41. The van der Waals surface area contributed by atoms with E-state index in [1.165, 1.54) is 0 Å². The van der Waals surface area contributed by atoms with Crippen LogP contribution in [0.4, 0.5) is 0 Å². The normalized spacial score (nSPS) is 42.6. The molecule has 31 N–H and O–H groups in total. The van der Waals surface area contributed by atoms with Gasteiger partial charge in [0.1, 0.15) is 183 Å². The Morgan fingerprint density at radius 2 is 0.770 bits per heavy atom. The van der Waals surface area contributed by atoms with Gasteiger partial charge in [0.15, 0.2) is 31.5 Å². The molecule has 7 heterocycles. The molecule has 4 amide bonds. The average molecular weight is 1660 g/mol. The largest absolute Gasteiger partial charge is 0.477 e. The Balaban J connectivity index is 1.15. The monoisotopic (exact) mass is 1660 g/mol. The van der Waals surface area contributed by atoms with Crippen LogP contribution in [0.5, 0.6) is 0 Å². The van der Waals surface area contributed by atoms with Gasteiger partial charge in [0.05, 0.1) is 83.8 Å². The zero-order chi connectivity index (χ0) is 84.5. The molecule has 0 saturated carbocycles. The minimum absolute atomic E-state index is 0.835. The van der Waals surface area contributed by atoms with Crippen molar-refractivity contribution in [2.75, 3.05) is 59.5 Å². The molecule has 7 fully saturated rings. The molecule has 41 atom stereocenters. The van der Waals surface area contributed by atoms with Gasteiger partial charge in [0, 0.05) is 40.5 Å². The van der Waals surface area contributed by atoms with Crippen LogP contribution in [0.25, 0.3) is 0 Å². The molecule has 0 bridgehead atoms. The van der Waals surface area contributed by atoms with Gasteiger partial charge < -0.3 is 225 Å². The highest BCUT2D eigenvalue weighted by atomic mass is 16.8. The lowest BCUT2D eigenvalue weighted by Crippen LogP contribution is -2.71. The van der Waals surface area contributed by atoms with E-state index in [1.807, 2.05) is 0 Å². The van der Waals surface area contributed by atoms with Crippen LogP contribution < -0.4 is 21.3 Å². The summed E-state index contributed by atoms with van der Waals surface area (Å²) in [6.45, 7) is -7.28. The quantitative estimate of drug-likeness (QED) is 0.0277. The topological polar surface area (TPSA) is 826 Å². The Hall–Kier alpha value is -4.74. The Morgan fingerprint density at radius 3 is 1.23 bits per heavy atom. The number of hydrogen-bond acceptors (Lipinski definition) is 45. The van der Waals surface area contributed by atoms with Crippen LogP contribution in [0.3, 0.4) is 0 Å². The summed E-state index contributed by atoms with van der Waals surface area (Å²) in [5.74, 6) is -14.3. The molecule has 0 spiro atoms. The van der Waals surface area contributed by atoms with E-state index in [9.17, 15) is 167 Å². The second kappa shape index (κ2) is 41.3. The molecule has 51 nitrogen and oxygen atoms in total. The summed E-state index contributed by atoms with van der Waals surface area (Å²) in [5, 5.41) is 304. The average Bonchev–Trinajstić information content (AvgIpc) is 0.761. The Morgan fingerprint density at radius 1 is 0.389 bits per heavy atom. The van der Waals surface area contributed by atoms with Crippen LogP contribution in [0.1, 0.15) is 40.5 Å². The molecule has 0 aromatic heterocycles. The number of carbonyl (C=O) groups is 6. The maximum atomic E-state index is 13.2. The minimum atomic E-state index is -3.30. The molecule has 51 heteroatoms. The fourth-order valence-electron chi connectivity index (χ4n) is 13.9. The molecular weight excluding hydrogens is 1550 g/mol. The number of aliphatic carboxylic acids is 2. The Kier molecular flexibility index (Phi) is 34.9. The number of ether oxygens (including phenoxy) is 14. The van der Waals surface area contributed by atoms with Gasteiger partial charge in [0.25, 0.3) is 11.6 Å². The molecule has 0 radical (unpaired) electrons. The van der Waals surface area contributed by atoms with Gasteiger partial charge >= 0.3 is 11.9 Å². The highest BCUT2D eigenvalue weighted by molar-refractivity contribution is 5.78. The van der Waals surface area contributed by atoms with Gasteiger partial charge in [-0.2, -0.15) is 0 Å². The second-order valence-corrected chi connectivity index (χ2v) is 28.0. The van der Waals surface area contributed by atoms with Gasteiger partial charge in [-0.3, -0.25) is 19.2 Å². The van der Waals surface area contributed by atoms with Crippen LogP contribution in [-0.2, 0) is 95.1 Å². The smallest absolute Gasteiger partial charge is 0.364 e. The maximum Gasteiger partial charge on any atom is 0.364 e. The van der Waals surface area contributed by atoms with Crippen molar-refractivity contribution in [1.29, 1.82) is 0 Å². The van der Waals surface area contributed by atoms with Crippen LogP contribution in [0, 0.1) is 0 Å². The molecule has 7 aliphatic heterocycles. The molecule has 654 valence electrons. The first-order valence-electron chi connectivity index (χ1n) is 35.3. The van der Waals surface area contributed by atoms with Gasteiger partial charge in [-0.05, 0) is 0 Å². The third kappa shape index (κ3) is 21.8. The van der Waals surface area contributed by atoms with Crippen molar-refractivity contribution in [3.8, 4) is 0 Å². The van der Waals surface area contributed by atoms with E-state index in [4.69, 9.17) is 66.3 Å². The van der Waals surface area contributed by atoms with Gasteiger partial charge in [-0.25, -0.2) is 9.59 Å². The lowest BCUT2D eigenvalue weighted by atomic mass is 9.88. The molecule has 113 heavy (non-hydrogen) atoms. The van der Waals surface area contributed by atoms with Crippen molar-refractivity contribution >= 4 is 35.6 Å². The number of carboxylic acid groups (broad SMARTS) is 2. The first kappa shape index (κ1) is 95.4. The third-order valence-corrected chi connectivity index (χ3v) is 19.8. The third-order valence-electron chi connectivity index (χ3n) is 19.8. The number of aliphatic hydroxyl groups excluding tert-OH is 25. The van der Waals surface area contributed by atoms with Crippen LogP contribution in [0.2, 0.25) is 0 Å². The molecule has 0 aromatic rings. The van der Waals surface area contributed by atoms with E-state index in [0.29, 0.717) is 0 Å². The zero-order valence-corrected chi connectivity index (χ0v) is 60.5. The van der Waals surface area contributed by atoms with E-state index >= 15 is 0 Å².